The van der Waals surface area contributed by atoms with Crippen molar-refractivity contribution in [3.8, 4) is 0 Å². The Labute approximate surface area is 109 Å². The fraction of sp³-hybridized carbons (Fsp3) is 0.846. The molecular weight excluding hydrogens is 228 g/mol. The van der Waals surface area contributed by atoms with Crippen LogP contribution in [0.4, 0.5) is 0 Å². The van der Waals surface area contributed by atoms with Gasteiger partial charge in [-0.3, -0.25) is 0 Å². The van der Waals surface area contributed by atoms with Gasteiger partial charge in [-0.2, -0.15) is 5.10 Å². The molecule has 1 aliphatic rings. The summed E-state index contributed by atoms with van der Waals surface area (Å²) in [6.07, 6.45) is 4.66. The number of rotatable bonds is 7. The number of hydrogen-bond donors (Lipinski definition) is 1. The predicted octanol–water partition coefficient (Wildman–Crippen LogP) is 1.17. The lowest BCUT2D eigenvalue weighted by Gasteiger charge is -2.11. The van der Waals surface area contributed by atoms with E-state index in [1.165, 1.54) is 12.8 Å². The second-order valence-electron chi connectivity index (χ2n) is 4.71. The van der Waals surface area contributed by atoms with Gasteiger partial charge in [-0.1, -0.05) is 13.8 Å². The lowest BCUT2D eigenvalue weighted by molar-refractivity contribution is 0.110. The molecule has 1 aliphatic heterocycles. The van der Waals surface area contributed by atoms with Crippen LogP contribution in [-0.2, 0) is 24.1 Å². The Morgan fingerprint density at radius 2 is 2.28 bits per heavy atom. The highest BCUT2D eigenvalue weighted by Gasteiger charge is 2.14. The largest absolute Gasteiger partial charge is 0.377 e. The van der Waals surface area contributed by atoms with Crippen molar-refractivity contribution in [2.45, 2.75) is 52.2 Å². The van der Waals surface area contributed by atoms with Gasteiger partial charge in [0.15, 0.2) is 5.82 Å². The summed E-state index contributed by atoms with van der Waals surface area (Å²) in [5.41, 5.74) is 0. The minimum Gasteiger partial charge on any atom is -0.377 e. The molecular formula is C13H24N4O. The molecule has 2 heterocycles. The average Bonchev–Trinajstić information content (AvgIpc) is 3.03. The van der Waals surface area contributed by atoms with Crippen molar-refractivity contribution >= 4 is 0 Å². The summed E-state index contributed by atoms with van der Waals surface area (Å²) in [5, 5.41) is 7.94. The Morgan fingerprint density at radius 3 is 2.94 bits per heavy atom. The van der Waals surface area contributed by atoms with Crippen molar-refractivity contribution in [1.82, 2.24) is 20.1 Å². The van der Waals surface area contributed by atoms with Crippen LogP contribution in [0.15, 0.2) is 0 Å². The number of aromatic nitrogens is 3. The third-order valence-electron chi connectivity index (χ3n) is 3.32. The molecule has 2 rings (SSSR count). The molecule has 0 aromatic carbocycles. The van der Waals surface area contributed by atoms with Crippen LogP contribution in [0.5, 0.6) is 0 Å². The topological polar surface area (TPSA) is 52.0 Å². The van der Waals surface area contributed by atoms with Crippen molar-refractivity contribution in [3.63, 3.8) is 0 Å². The Morgan fingerprint density at radius 1 is 1.39 bits per heavy atom. The Kier molecular flexibility index (Phi) is 5.13. The monoisotopic (exact) mass is 252 g/mol. The summed E-state index contributed by atoms with van der Waals surface area (Å²) in [5.74, 6) is 2.04. The zero-order valence-corrected chi connectivity index (χ0v) is 11.5. The zero-order chi connectivity index (χ0) is 12.8. The molecule has 0 bridgehead atoms. The minimum absolute atomic E-state index is 0.414. The maximum atomic E-state index is 5.57. The number of nitrogens with one attached hydrogen (secondary N) is 1. The second kappa shape index (κ2) is 6.85. The van der Waals surface area contributed by atoms with Gasteiger partial charge in [0.25, 0.3) is 0 Å². The van der Waals surface area contributed by atoms with Crippen LogP contribution >= 0.6 is 0 Å². The zero-order valence-electron chi connectivity index (χ0n) is 11.5. The van der Waals surface area contributed by atoms with Crippen LogP contribution < -0.4 is 5.32 Å². The van der Waals surface area contributed by atoms with Gasteiger partial charge in [0.2, 0.25) is 0 Å². The van der Waals surface area contributed by atoms with E-state index in [4.69, 9.17) is 4.74 Å². The van der Waals surface area contributed by atoms with E-state index in [0.717, 1.165) is 50.7 Å². The molecule has 1 atom stereocenters. The van der Waals surface area contributed by atoms with E-state index in [1.54, 1.807) is 0 Å². The van der Waals surface area contributed by atoms with Gasteiger partial charge in [0.1, 0.15) is 5.82 Å². The molecule has 18 heavy (non-hydrogen) atoms. The van der Waals surface area contributed by atoms with Gasteiger partial charge in [-0.15, -0.1) is 0 Å². The van der Waals surface area contributed by atoms with Crippen LogP contribution in [0.3, 0.4) is 0 Å². The number of nitrogens with zero attached hydrogens (tertiary/aromatic N) is 3. The van der Waals surface area contributed by atoms with E-state index in [1.807, 2.05) is 4.68 Å². The van der Waals surface area contributed by atoms with E-state index in [-0.39, 0.29) is 0 Å². The fourth-order valence-electron chi connectivity index (χ4n) is 2.27. The van der Waals surface area contributed by atoms with E-state index < -0.39 is 0 Å². The lowest BCUT2D eigenvalue weighted by atomic mass is 10.2. The van der Waals surface area contributed by atoms with Gasteiger partial charge in [0, 0.05) is 32.5 Å². The summed E-state index contributed by atoms with van der Waals surface area (Å²) in [7, 11) is 0. The maximum Gasteiger partial charge on any atom is 0.150 e. The molecule has 102 valence electrons. The molecule has 1 fully saturated rings. The molecule has 0 spiro atoms. The Hall–Kier alpha value is -0.940. The quantitative estimate of drug-likeness (QED) is 0.740. The third-order valence-corrected chi connectivity index (χ3v) is 3.32. The summed E-state index contributed by atoms with van der Waals surface area (Å²) in [4.78, 5) is 4.50. The lowest BCUT2D eigenvalue weighted by Crippen LogP contribution is -2.29. The first-order chi connectivity index (χ1) is 8.83. The summed E-state index contributed by atoms with van der Waals surface area (Å²) in [6.45, 7) is 7.92. The molecule has 1 aromatic heterocycles. The van der Waals surface area contributed by atoms with E-state index in [9.17, 15) is 0 Å². The molecule has 1 unspecified atom stereocenters. The minimum atomic E-state index is 0.414. The summed E-state index contributed by atoms with van der Waals surface area (Å²) < 4.78 is 7.60. The number of ether oxygens (including phenoxy) is 1. The highest BCUT2D eigenvalue weighted by Crippen LogP contribution is 2.10. The Balaban J connectivity index is 1.73. The van der Waals surface area contributed by atoms with Crippen LogP contribution in [0.25, 0.3) is 0 Å². The average molecular weight is 252 g/mol. The molecule has 0 saturated carbocycles. The van der Waals surface area contributed by atoms with Gasteiger partial charge in [-0.25, -0.2) is 9.67 Å². The molecule has 5 nitrogen and oxygen atoms in total. The van der Waals surface area contributed by atoms with Crippen LogP contribution in [-0.4, -0.2) is 40.6 Å². The van der Waals surface area contributed by atoms with Crippen LogP contribution in [0.1, 0.15) is 38.3 Å². The summed E-state index contributed by atoms with van der Waals surface area (Å²) >= 11 is 0. The molecule has 1 saturated heterocycles. The maximum absolute atomic E-state index is 5.57. The Bertz CT molecular complexity index is 358. The fourth-order valence-corrected chi connectivity index (χ4v) is 2.27. The van der Waals surface area contributed by atoms with Crippen LogP contribution in [0, 0.1) is 0 Å². The van der Waals surface area contributed by atoms with Crippen molar-refractivity contribution in [1.29, 1.82) is 0 Å². The molecule has 0 radical (unpaired) electrons. The van der Waals surface area contributed by atoms with E-state index in [2.05, 4.69) is 29.2 Å². The first-order valence-electron chi connectivity index (χ1n) is 7.08. The first kappa shape index (κ1) is 13.5. The van der Waals surface area contributed by atoms with Gasteiger partial charge >= 0.3 is 0 Å². The SMILES string of the molecule is CCc1nc(CC)n(CCNCC2CCCO2)n1. The van der Waals surface area contributed by atoms with Crippen molar-refractivity contribution in [3.05, 3.63) is 11.6 Å². The number of hydrogen-bond acceptors (Lipinski definition) is 4. The van der Waals surface area contributed by atoms with E-state index >= 15 is 0 Å². The first-order valence-corrected chi connectivity index (χ1v) is 7.08. The number of aryl methyl sites for hydroxylation is 2. The highest BCUT2D eigenvalue weighted by atomic mass is 16.5. The smallest absolute Gasteiger partial charge is 0.150 e. The predicted molar refractivity (Wildman–Crippen MR) is 70.6 cm³/mol. The molecule has 0 amide bonds. The highest BCUT2D eigenvalue weighted by molar-refractivity contribution is 4.92. The standard InChI is InChI=1S/C13H24N4O/c1-3-12-15-13(4-2)17(16-12)8-7-14-10-11-6-5-9-18-11/h11,14H,3-10H2,1-2H3. The van der Waals surface area contributed by atoms with Crippen molar-refractivity contribution < 1.29 is 4.74 Å². The van der Waals surface area contributed by atoms with Crippen molar-refractivity contribution in [2.24, 2.45) is 0 Å². The van der Waals surface area contributed by atoms with Crippen LogP contribution in [0.2, 0.25) is 0 Å². The third kappa shape index (κ3) is 3.53. The van der Waals surface area contributed by atoms with Gasteiger partial charge in [0.05, 0.1) is 12.6 Å². The van der Waals surface area contributed by atoms with Gasteiger partial charge in [-0.05, 0) is 12.8 Å². The molecule has 1 N–H and O–H groups in total. The molecule has 0 aliphatic carbocycles. The summed E-state index contributed by atoms with van der Waals surface area (Å²) in [6, 6.07) is 0. The molecule has 5 heteroatoms. The van der Waals surface area contributed by atoms with E-state index in [0.29, 0.717) is 6.10 Å². The van der Waals surface area contributed by atoms with Gasteiger partial charge < -0.3 is 10.1 Å². The van der Waals surface area contributed by atoms with Crippen molar-refractivity contribution in [2.75, 3.05) is 19.7 Å². The normalized spacial score (nSPS) is 19.6. The molecule has 1 aromatic rings. The second-order valence-corrected chi connectivity index (χ2v) is 4.71.